The van der Waals surface area contributed by atoms with Gasteiger partial charge in [-0.1, -0.05) is 20.8 Å². The highest BCUT2D eigenvalue weighted by molar-refractivity contribution is 5.10. The lowest BCUT2D eigenvalue weighted by atomic mass is 9.97. The van der Waals surface area contributed by atoms with Gasteiger partial charge in [-0.15, -0.1) is 0 Å². The van der Waals surface area contributed by atoms with Gasteiger partial charge in [0, 0.05) is 44.1 Å². The molecule has 0 amide bonds. The van der Waals surface area contributed by atoms with Crippen LogP contribution in [0.4, 0.5) is 0 Å². The molecule has 0 saturated carbocycles. The van der Waals surface area contributed by atoms with E-state index >= 15 is 0 Å². The second kappa shape index (κ2) is 7.01. The molecule has 106 valence electrons. The van der Waals surface area contributed by atoms with Crippen molar-refractivity contribution in [3.8, 4) is 0 Å². The fourth-order valence-electron chi connectivity index (χ4n) is 2.91. The molecule has 2 heterocycles. The Labute approximate surface area is 117 Å². The summed E-state index contributed by atoms with van der Waals surface area (Å²) in [6, 6.07) is 5.59. The zero-order valence-electron chi connectivity index (χ0n) is 12.5. The van der Waals surface area contributed by atoms with Crippen LogP contribution in [0.2, 0.25) is 0 Å². The molecule has 2 atom stereocenters. The van der Waals surface area contributed by atoms with Gasteiger partial charge in [-0.2, -0.15) is 0 Å². The second-order valence-corrected chi connectivity index (χ2v) is 5.93. The maximum absolute atomic E-state index is 4.09. The smallest absolute Gasteiger partial charge is 0.0270 e. The average molecular weight is 261 g/mol. The summed E-state index contributed by atoms with van der Waals surface area (Å²) >= 11 is 0. The normalized spacial score (nSPS) is 24.8. The monoisotopic (exact) mass is 261 g/mol. The SMILES string of the molecule is CCC1CN(CCc2ccncc2)C(C(C)C)CN1. The van der Waals surface area contributed by atoms with Crippen LogP contribution in [0.15, 0.2) is 24.5 Å². The van der Waals surface area contributed by atoms with E-state index in [0.29, 0.717) is 18.0 Å². The first-order chi connectivity index (χ1) is 9.20. The summed E-state index contributed by atoms with van der Waals surface area (Å²) in [6.07, 6.45) is 6.13. The molecule has 1 fully saturated rings. The molecule has 2 unspecified atom stereocenters. The summed E-state index contributed by atoms with van der Waals surface area (Å²) < 4.78 is 0. The van der Waals surface area contributed by atoms with E-state index in [9.17, 15) is 0 Å². The number of hydrogen-bond donors (Lipinski definition) is 1. The molecular weight excluding hydrogens is 234 g/mol. The van der Waals surface area contributed by atoms with Gasteiger partial charge in [0.2, 0.25) is 0 Å². The zero-order valence-corrected chi connectivity index (χ0v) is 12.5. The van der Waals surface area contributed by atoms with Gasteiger partial charge in [0.05, 0.1) is 0 Å². The fourth-order valence-corrected chi connectivity index (χ4v) is 2.91. The number of pyridine rings is 1. The van der Waals surface area contributed by atoms with Gasteiger partial charge in [0.1, 0.15) is 0 Å². The molecule has 2 rings (SSSR count). The maximum atomic E-state index is 4.09. The fraction of sp³-hybridized carbons (Fsp3) is 0.688. The van der Waals surface area contributed by atoms with Gasteiger partial charge in [-0.25, -0.2) is 0 Å². The summed E-state index contributed by atoms with van der Waals surface area (Å²) in [6.45, 7) is 10.4. The Kier molecular flexibility index (Phi) is 5.34. The minimum Gasteiger partial charge on any atom is -0.311 e. The average Bonchev–Trinajstić information content (AvgIpc) is 2.45. The van der Waals surface area contributed by atoms with Crippen molar-refractivity contribution in [3.05, 3.63) is 30.1 Å². The van der Waals surface area contributed by atoms with Crippen molar-refractivity contribution in [1.82, 2.24) is 15.2 Å². The van der Waals surface area contributed by atoms with Crippen molar-refractivity contribution >= 4 is 0 Å². The number of nitrogens with zero attached hydrogens (tertiary/aromatic N) is 2. The summed E-state index contributed by atoms with van der Waals surface area (Å²) in [7, 11) is 0. The predicted octanol–water partition coefficient (Wildman–Crippen LogP) is 2.33. The summed E-state index contributed by atoms with van der Waals surface area (Å²) in [5, 5.41) is 3.68. The molecule has 0 aromatic carbocycles. The van der Waals surface area contributed by atoms with E-state index < -0.39 is 0 Å². The highest BCUT2D eigenvalue weighted by Crippen LogP contribution is 2.17. The number of nitrogens with one attached hydrogen (secondary N) is 1. The summed E-state index contributed by atoms with van der Waals surface area (Å²) in [5.41, 5.74) is 1.39. The van der Waals surface area contributed by atoms with E-state index in [-0.39, 0.29) is 0 Å². The Morgan fingerprint density at radius 1 is 1.37 bits per heavy atom. The van der Waals surface area contributed by atoms with Crippen LogP contribution < -0.4 is 5.32 Å². The molecule has 3 heteroatoms. The quantitative estimate of drug-likeness (QED) is 0.882. The molecule has 1 N–H and O–H groups in total. The standard InChI is InChI=1S/C16H27N3/c1-4-15-12-19(16(11-18-15)13(2)3)10-7-14-5-8-17-9-6-14/h5-6,8-9,13,15-16,18H,4,7,10-12H2,1-3H3. The molecular formula is C16H27N3. The molecule has 0 aliphatic carbocycles. The largest absolute Gasteiger partial charge is 0.311 e. The van der Waals surface area contributed by atoms with Crippen molar-refractivity contribution in [3.63, 3.8) is 0 Å². The van der Waals surface area contributed by atoms with E-state index in [1.165, 1.54) is 18.5 Å². The molecule has 1 aliphatic heterocycles. The van der Waals surface area contributed by atoms with Crippen LogP contribution in [-0.4, -0.2) is 41.6 Å². The molecule has 1 saturated heterocycles. The first kappa shape index (κ1) is 14.5. The first-order valence-electron chi connectivity index (χ1n) is 7.57. The van der Waals surface area contributed by atoms with E-state index in [1.54, 1.807) is 0 Å². The van der Waals surface area contributed by atoms with Crippen molar-refractivity contribution < 1.29 is 0 Å². The topological polar surface area (TPSA) is 28.2 Å². The van der Waals surface area contributed by atoms with E-state index in [1.807, 2.05) is 12.4 Å². The van der Waals surface area contributed by atoms with Gasteiger partial charge >= 0.3 is 0 Å². The van der Waals surface area contributed by atoms with Crippen molar-refractivity contribution in [1.29, 1.82) is 0 Å². The Morgan fingerprint density at radius 3 is 2.74 bits per heavy atom. The Hall–Kier alpha value is -0.930. The van der Waals surface area contributed by atoms with Gasteiger partial charge in [0.25, 0.3) is 0 Å². The van der Waals surface area contributed by atoms with Crippen LogP contribution in [0.1, 0.15) is 32.8 Å². The second-order valence-electron chi connectivity index (χ2n) is 5.93. The number of rotatable bonds is 5. The molecule has 19 heavy (non-hydrogen) atoms. The van der Waals surface area contributed by atoms with Crippen LogP contribution >= 0.6 is 0 Å². The van der Waals surface area contributed by atoms with Gasteiger partial charge < -0.3 is 5.32 Å². The molecule has 1 aliphatic rings. The first-order valence-corrected chi connectivity index (χ1v) is 7.57. The molecule has 3 nitrogen and oxygen atoms in total. The highest BCUT2D eigenvalue weighted by Gasteiger charge is 2.28. The lowest BCUT2D eigenvalue weighted by Gasteiger charge is -2.42. The molecule has 0 bridgehead atoms. The van der Waals surface area contributed by atoms with E-state index in [2.05, 4.69) is 48.1 Å². The molecule has 0 radical (unpaired) electrons. The molecule has 1 aromatic rings. The third-order valence-corrected chi connectivity index (χ3v) is 4.24. The van der Waals surface area contributed by atoms with Crippen LogP contribution in [0.25, 0.3) is 0 Å². The van der Waals surface area contributed by atoms with Crippen LogP contribution in [0.3, 0.4) is 0 Å². The van der Waals surface area contributed by atoms with E-state index in [0.717, 1.165) is 19.5 Å². The third kappa shape index (κ3) is 4.02. The minimum absolute atomic E-state index is 0.660. The molecule has 1 aromatic heterocycles. The number of aromatic nitrogens is 1. The van der Waals surface area contributed by atoms with Crippen LogP contribution in [0.5, 0.6) is 0 Å². The van der Waals surface area contributed by atoms with Crippen molar-refractivity contribution in [2.24, 2.45) is 5.92 Å². The lowest BCUT2D eigenvalue weighted by molar-refractivity contribution is 0.0985. The third-order valence-electron chi connectivity index (χ3n) is 4.24. The Bertz CT molecular complexity index is 364. The summed E-state index contributed by atoms with van der Waals surface area (Å²) in [4.78, 5) is 6.76. The number of hydrogen-bond acceptors (Lipinski definition) is 3. The van der Waals surface area contributed by atoms with Crippen LogP contribution in [-0.2, 0) is 6.42 Å². The predicted molar refractivity (Wildman–Crippen MR) is 80.2 cm³/mol. The summed E-state index contributed by atoms with van der Waals surface area (Å²) in [5.74, 6) is 0.711. The van der Waals surface area contributed by atoms with E-state index in [4.69, 9.17) is 0 Å². The molecule has 0 spiro atoms. The Balaban J connectivity index is 1.93. The zero-order chi connectivity index (χ0) is 13.7. The van der Waals surface area contributed by atoms with Gasteiger partial charge in [-0.05, 0) is 36.5 Å². The van der Waals surface area contributed by atoms with Crippen molar-refractivity contribution in [2.45, 2.75) is 45.7 Å². The number of piperazine rings is 1. The Morgan fingerprint density at radius 2 is 2.11 bits per heavy atom. The lowest BCUT2D eigenvalue weighted by Crippen LogP contribution is -2.58. The maximum Gasteiger partial charge on any atom is 0.0270 e. The highest BCUT2D eigenvalue weighted by atomic mass is 15.2. The van der Waals surface area contributed by atoms with Crippen LogP contribution in [0, 0.1) is 5.92 Å². The van der Waals surface area contributed by atoms with Gasteiger partial charge in [-0.3, -0.25) is 9.88 Å². The van der Waals surface area contributed by atoms with Crippen molar-refractivity contribution in [2.75, 3.05) is 19.6 Å². The minimum atomic E-state index is 0.660. The van der Waals surface area contributed by atoms with Gasteiger partial charge in [0.15, 0.2) is 0 Å².